The summed E-state index contributed by atoms with van der Waals surface area (Å²) in [6.07, 6.45) is -7.42. The van der Waals surface area contributed by atoms with E-state index in [0.717, 1.165) is 12.8 Å². The maximum atomic E-state index is 11.5. The molecule has 0 heterocycles. The van der Waals surface area contributed by atoms with Gasteiger partial charge in [0.1, 0.15) is 30.5 Å². The molecular weight excluding hydrogens is 256 g/mol. The van der Waals surface area contributed by atoms with Crippen molar-refractivity contribution in [1.29, 1.82) is 0 Å². The molecule has 0 aliphatic carbocycles. The van der Waals surface area contributed by atoms with Gasteiger partial charge < -0.3 is 30.3 Å². The van der Waals surface area contributed by atoms with Gasteiger partial charge in [0, 0.05) is 6.42 Å². The monoisotopic (exact) mass is 278 g/mol. The van der Waals surface area contributed by atoms with Gasteiger partial charge in [-0.15, -0.1) is 0 Å². The molecule has 0 radical (unpaired) electrons. The van der Waals surface area contributed by atoms with Crippen LogP contribution in [0.4, 0.5) is 0 Å². The normalized spacial score (nSPS) is 19.3. The van der Waals surface area contributed by atoms with E-state index in [1.54, 1.807) is 0 Å². The number of Topliss-reactive ketones (excluding diaryl/α,β-unsaturated/α-hetero) is 1. The molecule has 0 aliphatic rings. The summed E-state index contributed by atoms with van der Waals surface area (Å²) in [6, 6.07) is 0. The van der Waals surface area contributed by atoms with E-state index in [2.05, 4.69) is 0 Å². The molecule has 0 saturated carbocycles. The second-order valence-electron chi connectivity index (χ2n) is 4.47. The van der Waals surface area contributed by atoms with Crippen LogP contribution in [0.3, 0.4) is 0 Å². The van der Waals surface area contributed by atoms with Crippen molar-refractivity contribution in [3.8, 4) is 0 Å². The number of aliphatic hydroxyl groups excluding tert-OH is 5. The maximum absolute atomic E-state index is 11.5. The zero-order valence-corrected chi connectivity index (χ0v) is 10.8. The van der Waals surface area contributed by atoms with Crippen LogP contribution >= 0.6 is 0 Å². The summed E-state index contributed by atoms with van der Waals surface area (Å²) in [6.45, 7) is 1.94. The molecule has 0 aromatic carbocycles. The van der Waals surface area contributed by atoms with Gasteiger partial charge in [-0.2, -0.15) is 0 Å². The largest absolute Gasteiger partial charge is 0.387 e. The third kappa shape index (κ3) is 5.75. The number of ketones is 1. The van der Waals surface area contributed by atoms with Gasteiger partial charge in [-0.25, -0.2) is 0 Å². The SMILES string of the molecule is CCCCCC(=O)C(O)[C@@H](O)[C@@H](O)[C@H](O)[C@@H](O)C=O. The molecule has 0 saturated heterocycles. The molecule has 0 aliphatic heterocycles. The van der Waals surface area contributed by atoms with Crippen molar-refractivity contribution in [1.82, 2.24) is 0 Å². The maximum Gasteiger partial charge on any atom is 0.164 e. The number of unbranched alkanes of at least 4 members (excludes halogenated alkanes) is 2. The van der Waals surface area contributed by atoms with Crippen molar-refractivity contribution in [3.63, 3.8) is 0 Å². The van der Waals surface area contributed by atoms with Crippen LogP contribution in [0.15, 0.2) is 0 Å². The Hall–Kier alpha value is -0.860. The van der Waals surface area contributed by atoms with Gasteiger partial charge in [-0.05, 0) is 6.42 Å². The number of rotatable bonds is 10. The van der Waals surface area contributed by atoms with E-state index in [0.29, 0.717) is 6.42 Å². The van der Waals surface area contributed by atoms with Gasteiger partial charge in [-0.3, -0.25) is 4.79 Å². The van der Waals surface area contributed by atoms with Gasteiger partial charge >= 0.3 is 0 Å². The molecule has 5 N–H and O–H groups in total. The fourth-order valence-electron chi connectivity index (χ4n) is 1.56. The Balaban J connectivity index is 4.41. The molecule has 112 valence electrons. The lowest BCUT2D eigenvalue weighted by Gasteiger charge is -2.26. The van der Waals surface area contributed by atoms with Crippen molar-refractivity contribution in [3.05, 3.63) is 0 Å². The molecule has 0 aromatic heterocycles. The van der Waals surface area contributed by atoms with E-state index in [1.807, 2.05) is 6.92 Å². The number of carbonyl (C=O) groups is 2. The smallest absolute Gasteiger partial charge is 0.164 e. The van der Waals surface area contributed by atoms with E-state index in [-0.39, 0.29) is 12.7 Å². The summed E-state index contributed by atoms with van der Waals surface area (Å²) in [7, 11) is 0. The minimum absolute atomic E-state index is 0.0178. The van der Waals surface area contributed by atoms with Crippen molar-refractivity contribution >= 4 is 12.1 Å². The third-order valence-corrected chi connectivity index (χ3v) is 2.87. The van der Waals surface area contributed by atoms with Crippen LogP contribution < -0.4 is 0 Å². The third-order valence-electron chi connectivity index (χ3n) is 2.87. The van der Waals surface area contributed by atoms with E-state index in [9.17, 15) is 30.0 Å². The van der Waals surface area contributed by atoms with E-state index >= 15 is 0 Å². The number of aliphatic hydroxyl groups is 5. The van der Waals surface area contributed by atoms with Gasteiger partial charge in [-0.1, -0.05) is 19.8 Å². The van der Waals surface area contributed by atoms with Crippen LogP contribution in [0.5, 0.6) is 0 Å². The summed E-state index contributed by atoms with van der Waals surface area (Å²) >= 11 is 0. The zero-order chi connectivity index (χ0) is 15.0. The van der Waals surface area contributed by atoms with Crippen molar-refractivity contribution in [2.24, 2.45) is 0 Å². The molecule has 0 amide bonds. The Morgan fingerprint density at radius 2 is 1.58 bits per heavy atom. The molecule has 5 atom stereocenters. The molecule has 0 bridgehead atoms. The molecule has 0 fully saturated rings. The van der Waals surface area contributed by atoms with E-state index < -0.39 is 36.3 Å². The highest BCUT2D eigenvalue weighted by atomic mass is 16.4. The number of hydrogen-bond acceptors (Lipinski definition) is 7. The molecule has 1 unspecified atom stereocenters. The highest BCUT2D eigenvalue weighted by molar-refractivity contribution is 5.83. The molecule has 7 heteroatoms. The predicted octanol–water partition coefficient (Wildman–Crippen LogP) is -1.86. The first-order valence-corrected chi connectivity index (χ1v) is 6.25. The summed E-state index contributed by atoms with van der Waals surface area (Å²) in [4.78, 5) is 21.7. The minimum atomic E-state index is -2.00. The first-order chi connectivity index (χ1) is 8.86. The lowest BCUT2D eigenvalue weighted by molar-refractivity contribution is -0.154. The van der Waals surface area contributed by atoms with E-state index in [1.165, 1.54) is 0 Å². The van der Waals surface area contributed by atoms with Gasteiger partial charge in [0.2, 0.25) is 0 Å². The summed E-state index contributed by atoms with van der Waals surface area (Å²) < 4.78 is 0. The first kappa shape index (κ1) is 18.1. The fraction of sp³-hybridized carbons (Fsp3) is 0.833. The Labute approximate surface area is 111 Å². The predicted molar refractivity (Wildman–Crippen MR) is 65.2 cm³/mol. The van der Waals surface area contributed by atoms with Crippen LogP contribution in [-0.2, 0) is 9.59 Å². The topological polar surface area (TPSA) is 135 Å². The number of carbonyl (C=O) groups excluding carboxylic acids is 2. The Morgan fingerprint density at radius 1 is 1.00 bits per heavy atom. The molecule has 0 aromatic rings. The minimum Gasteiger partial charge on any atom is -0.387 e. The highest BCUT2D eigenvalue weighted by Crippen LogP contribution is 2.11. The molecular formula is C12H22O7. The van der Waals surface area contributed by atoms with Crippen LogP contribution in [0.1, 0.15) is 32.6 Å². The Morgan fingerprint density at radius 3 is 2.05 bits per heavy atom. The summed E-state index contributed by atoms with van der Waals surface area (Å²) in [5, 5.41) is 46.8. The standard InChI is InChI=1S/C12H22O7/c1-2-3-4-5-7(14)9(16)11(18)12(19)10(17)8(15)6-13/h6,8-12,15-19H,2-5H2,1H3/t8-,9?,10+,11+,12-/m0/s1. The van der Waals surface area contributed by atoms with E-state index in [4.69, 9.17) is 5.11 Å². The van der Waals surface area contributed by atoms with Crippen molar-refractivity contribution in [2.75, 3.05) is 0 Å². The molecule has 0 rings (SSSR count). The lowest BCUT2D eigenvalue weighted by atomic mass is 9.95. The average Bonchev–Trinajstić information content (AvgIpc) is 2.43. The van der Waals surface area contributed by atoms with Crippen molar-refractivity contribution in [2.45, 2.75) is 63.1 Å². The molecule has 19 heavy (non-hydrogen) atoms. The van der Waals surface area contributed by atoms with Crippen LogP contribution in [0, 0.1) is 0 Å². The van der Waals surface area contributed by atoms with Gasteiger partial charge in [0.05, 0.1) is 0 Å². The second-order valence-corrected chi connectivity index (χ2v) is 4.47. The Kier molecular flexibility index (Phi) is 8.70. The van der Waals surface area contributed by atoms with Crippen LogP contribution in [0.25, 0.3) is 0 Å². The van der Waals surface area contributed by atoms with Gasteiger partial charge in [0.25, 0.3) is 0 Å². The van der Waals surface area contributed by atoms with Gasteiger partial charge in [0.15, 0.2) is 12.1 Å². The fourth-order valence-corrected chi connectivity index (χ4v) is 1.56. The summed E-state index contributed by atoms with van der Waals surface area (Å²) in [5.41, 5.74) is 0. The number of hydrogen-bond donors (Lipinski definition) is 5. The van der Waals surface area contributed by atoms with Crippen LogP contribution in [0.2, 0.25) is 0 Å². The average molecular weight is 278 g/mol. The quantitative estimate of drug-likeness (QED) is 0.233. The second kappa shape index (κ2) is 9.11. The highest BCUT2D eigenvalue weighted by Gasteiger charge is 2.36. The lowest BCUT2D eigenvalue weighted by Crippen LogP contribution is -2.51. The Bertz CT molecular complexity index is 281. The van der Waals surface area contributed by atoms with Crippen molar-refractivity contribution < 1.29 is 35.1 Å². The molecule has 7 nitrogen and oxygen atoms in total. The van der Waals surface area contributed by atoms with Crippen LogP contribution in [-0.4, -0.2) is 68.1 Å². The first-order valence-electron chi connectivity index (χ1n) is 6.25. The summed E-state index contributed by atoms with van der Waals surface area (Å²) in [5.74, 6) is -0.659. The zero-order valence-electron chi connectivity index (χ0n) is 10.8. The molecule has 0 spiro atoms. The number of aldehydes is 1.